The summed E-state index contributed by atoms with van der Waals surface area (Å²) < 4.78 is 19.1. The van der Waals surface area contributed by atoms with Crippen LogP contribution in [-0.4, -0.2) is 43.7 Å². The van der Waals surface area contributed by atoms with Gasteiger partial charge in [0.1, 0.15) is 12.2 Å². The van der Waals surface area contributed by atoms with Crippen molar-refractivity contribution in [3.63, 3.8) is 0 Å². The summed E-state index contributed by atoms with van der Waals surface area (Å²) in [7, 11) is -2.00. The lowest BCUT2D eigenvalue weighted by Crippen LogP contribution is -2.49. The molecule has 3 fully saturated rings. The molecule has 1 N–H and O–H groups in total. The van der Waals surface area contributed by atoms with E-state index in [1.165, 1.54) is 0 Å². The van der Waals surface area contributed by atoms with Crippen molar-refractivity contribution in [1.82, 2.24) is 0 Å². The van der Waals surface area contributed by atoms with Crippen molar-refractivity contribution in [1.29, 1.82) is 0 Å². The number of benzene rings is 1. The number of hydrogen-bond donors (Lipinski definition) is 1. The molecule has 0 radical (unpaired) electrons. The number of esters is 2. The van der Waals surface area contributed by atoms with Crippen molar-refractivity contribution in [2.45, 2.75) is 149 Å². The second-order valence-electron chi connectivity index (χ2n) is 16.5. The van der Waals surface area contributed by atoms with E-state index >= 15 is 0 Å². The zero-order chi connectivity index (χ0) is 32.4. The van der Waals surface area contributed by atoms with E-state index in [1.54, 1.807) is 0 Å². The van der Waals surface area contributed by atoms with Gasteiger partial charge in [-0.15, -0.1) is 0 Å². The molecule has 0 amide bonds. The van der Waals surface area contributed by atoms with E-state index in [2.05, 4.69) is 40.8 Å². The summed E-state index contributed by atoms with van der Waals surface area (Å²) in [5, 5.41) is 11.6. The highest BCUT2D eigenvalue weighted by Gasteiger charge is 2.50. The molecule has 1 heterocycles. The van der Waals surface area contributed by atoms with Crippen LogP contribution in [0, 0.1) is 35.0 Å². The summed E-state index contributed by atoms with van der Waals surface area (Å²) in [6.07, 6.45) is 6.34. The molecule has 44 heavy (non-hydrogen) atoms. The molecule has 7 heteroatoms. The minimum Gasteiger partial charge on any atom is -0.462 e. The van der Waals surface area contributed by atoms with Crippen molar-refractivity contribution in [3.05, 3.63) is 35.9 Å². The minimum absolute atomic E-state index is 0.0442. The van der Waals surface area contributed by atoms with Gasteiger partial charge in [-0.1, -0.05) is 71.4 Å². The van der Waals surface area contributed by atoms with E-state index in [9.17, 15) is 14.7 Å². The van der Waals surface area contributed by atoms with E-state index in [0.717, 1.165) is 44.1 Å². The largest absolute Gasteiger partial charge is 0.462 e. The second kappa shape index (κ2) is 14.0. The van der Waals surface area contributed by atoms with Gasteiger partial charge in [0, 0.05) is 12.3 Å². The van der Waals surface area contributed by atoms with E-state index in [4.69, 9.17) is 13.9 Å². The van der Waals surface area contributed by atoms with E-state index < -0.39 is 19.8 Å². The fraction of sp³-hybridized carbons (Fsp3) is 0.784. The summed E-state index contributed by atoms with van der Waals surface area (Å²) in [6, 6.07) is 9.92. The Morgan fingerprint density at radius 2 is 1.73 bits per heavy atom. The Bertz CT molecular complexity index is 1110. The highest BCUT2D eigenvalue weighted by molar-refractivity contribution is 6.74. The van der Waals surface area contributed by atoms with Gasteiger partial charge in [0.05, 0.1) is 24.0 Å². The highest BCUT2D eigenvalue weighted by atomic mass is 28.4. The number of rotatable bonds is 10. The van der Waals surface area contributed by atoms with Crippen LogP contribution in [0.1, 0.15) is 118 Å². The molecule has 1 aliphatic heterocycles. The predicted octanol–water partition coefficient (Wildman–Crippen LogP) is 8.63. The number of aliphatic hydroxyl groups excluding tert-OH is 1. The van der Waals surface area contributed by atoms with Crippen LogP contribution in [0.15, 0.2) is 30.3 Å². The molecule has 1 saturated heterocycles. The molecule has 2 aliphatic carbocycles. The summed E-state index contributed by atoms with van der Waals surface area (Å²) in [6.45, 7) is 19.5. The SMILES string of the molecule is CCC(C)(C)C(=O)O[C@H]1C[C@@H](C(O)c2ccccc2)C[C@@H]2CC[C@H](C)[C@H](CC[C@@H]3C[C@@H](O[Si](C)(C)C(C)(C)C)CC(=O)O3)[C@H]21. The Morgan fingerprint density at radius 3 is 2.36 bits per heavy atom. The summed E-state index contributed by atoms with van der Waals surface area (Å²) >= 11 is 0. The van der Waals surface area contributed by atoms with E-state index in [-0.39, 0.29) is 47.1 Å². The number of carbonyl (C=O) groups is 2. The Morgan fingerprint density at radius 1 is 1.05 bits per heavy atom. The van der Waals surface area contributed by atoms with Crippen LogP contribution in [0.4, 0.5) is 0 Å². The van der Waals surface area contributed by atoms with Crippen LogP contribution in [0.3, 0.4) is 0 Å². The molecule has 3 aliphatic rings. The standard InChI is InChI=1S/C37H60O6Si/c1-10-37(6,7)35(40)42-31-21-27(34(39)25-14-12-11-13-15-25)20-26-17-16-24(2)30(33(26)31)19-18-28-22-29(23-32(38)41-28)43-44(8,9)36(3,4)5/h11-15,24,26-31,33-34,39H,10,16-23H2,1-9H3/t24-,26-,27-,28+,29+,30-,31-,33-,34?/m0/s1. The molecule has 2 saturated carbocycles. The van der Waals surface area contributed by atoms with Gasteiger partial charge in [-0.25, -0.2) is 0 Å². The van der Waals surface area contributed by atoms with Crippen molar-refractivity contribution in [2.75, 3.05) is 0 Å². The van der Waals surface area contributed by atoms with Gasteiger partial charge < -0.3 is 19.0 Å². The quantitative estimate of drug-likeness (QED) is 0.206. The molecular weight excluding hydrogens is 568 g/mol. The molecule has 0 aromatic heterocycles. The number of cyclic esters (lactones) is 1. The molecular formula is C37H60O6Si. The van der Waals surface area contributed by atoms with Crippen LogP contribution in [0.2, 0.25) is 18.1 Å². The second-order valence-corrected chi connectivity index (χ2v) is 21.2. The lowest BCUT2D eigenvalue weighted by Gasteiger charge is -2.51. The average molecular weight is 629 g/mol. The molecule has 1 unspecified atom stereocenters. The first kappa shape index (κ1) is 35.2. The zero-order valence-electron chi connectivity index (χ0n) is 28.9. The fourth-order valence-corrected chi connectivity index (χ4v) is 9.08. The number of ether oxygens (including phenoxy) is 2. The molecule has 1 aromatic rings. The van der Waals surface area contributed by atoms with Crippen LogP contribution < -0.4 is 0 Å². The highest BCUT2D eigenvalue weighted by Crippen LogP contribution is 2.53. The first-order chi connectivity index (χ1) is 20.5. The zero-order valence-corrected chi connectivity index (χ0v) is 29.9. The van der Waals surface area contributed by atoms with Gasteiger partial charge in [0.25, 0.3) is 0 Å². The first-order valence-corrected chi connectivity index (χ1v) is 20.2. The predicted molar refractivity (Wildman–Crippen MR) is 177 cm³/mol. The molecule has 9 atom stereocenters. The maximum atomic E-state index is 13.5. The van der Waals surface area contributed by atoms with Crippen molar-refractivity contribution in [2.24, 2.45) is 35.0 Å². The Hall–Kier alpha value is -1.70. The van der Waals surface area contributed by atoms with Gasteiger partial charge in [0.2, 0.25) is 0 Å². The molecule has 0 spiro atoms. The van der Waals surface area contributed by atoms with Crippen molar-refractivity contribution >= 4 is 20.3 Å². The summed E-state index contributed by atoms with van der Waals surface area (Å²) in [4.78, 5) is 26.2. The van der Waals surface area contributed by atoms with Crippen LogP contribution in [0.25, 0.3) is 0 Å². The fourth-order valence-electron chi connectivity index (χ4n) is 7.72. The normalized spacial score (nSPS) is 32.4. The molecule has 0 bridgehead atoms. The monoisotopic (exact) mass is 628 g/mol. The number of carbonyl (C=O) groups excluding carboxylic acids is 2. The average Bonchev–Trinajstić information content (AvgIpc) is 2.95. The summed E-state index contributed by atoms with van der Waals surface area (Å²) in [5.41, 5.74) is 0.385. The number of fused-ring (bicyclic) bond motifs is 1. The first-order valence-electron chi connectivity index (χ1n) is 17.3. The van der Waals surface area contributed by atoms with E-state index in [1.807, 2.05) is 51.1 Å². The third-order valence-electron chi connectivity index (χ3n) is 11.9. The molecule has 4 rings (SSSR count). The minimum atomic E-state index is -2.00. The van der Waals surface area contributed by atoms with Gasteiger partial charge >= 0.3 is 11.9 Å². The Labute approximate surface area is 268 Å². The van der Waals surface area contributed by atoms with Crippen molar-refractivity contribution in [3.8, 4) is 0 Å². The summed E-state index contributed by atoms with van der Waals surface area (Å²) in [5.74, 6) is 1.25. The molecule has 6 nitrogen and oxygen atoms in total. The van der Waals surface area contributed by atoms with Gasteiger partial charge in [-0.2, -0.15) is 0 Å². The Kier molecular flexibility index (Phi) is 11.2. The maximum absolute atomic E-state index is 13.5. The van der Waals surface area contributed by atoms with Crippen LogP contribution in [0.5, 0.6) is 0 Å². The van der Waals surface area contributed by atoms with Crippen LogP contribution in [-0.2, 0) is 23.5 Å². The third-order valence-corrected chi connectivity index (χ3v) is 16.5. The van der Waals surface area contributed by atoms with Gasteiger partial charge in [-0.3, -0.25) is 9.59 Å². The van der Waals surface area contributed by atoms with Crippen LogP contribution >= 0.6 is 0 Å². The molecule has 248 valence electrons. The topological polar surface area (TPSA) is 82.1 Å². The third kappa shape index (κ3) is 8.17. The molecule has 1 aromatic carbocycles. The van der Waals surface area contributed by atoms with Gasteiger partial charge in [0.15, 0.2) is 8.32 Å². The number of hydrogen-bond acceptors (Lipinski definition) is 6. The maximum Gasteiger partial charge on any atom is 0.311 e. The smallest absolute Gasteiger partial charge is 0.311 e. The number of aliphatic hydroxyl groups is 1. The van der Waals surface area contributed by atoms with Crippen molar-refractivity contribution < 1.29 is 28.6 Å². The lowest BCUT2D eigenvalue weighted by atomic mass is 9.57. The lowest BCUT2D eigenvalue weighted by molar-refractivity contribution is -0.176. The van der Waals surface area contributed by atoms with E-state index in [0.29, 0.717) is 37.0 Å². The Balaban J connectivity index is 1.51. The van der Waals surface area contributed by atoms with Gasteiger partial charge in [-0.05, 0) is 99.7 Å².